The van der Waals surface area contributed by atoms with Crippen molar-refractivity contribution in [1.29, 1.82) is 0 Å². The van der Waals surface area contributed by atoms with Crippen molar-refractivity contribution in [2.24, 2.45) is 5.18 Å². The Balaban J connectivity index is 2.13. The minimum Gasteiger partial charge on any atom is -0.145 e. The molecular weight excluding hydrogens is 216 g/mol. The summed E-state index contributed by atoms with van der Waals surface area (Å²) in [5.74, 6) is 0. The summed E-state index contributed by atoms with van der Waals surface area (Å²) in [5.41, 5.74) is 3.19. The van der Waals surface area contributed by atoms with Crippen LogP contribution < -0.4 is 5.18 Å². The third-order valence-electron chi connectivity index (χ3n) is 2.52. The molecule has 0 radical (unpaired) electrons. The van der Waals surface area contributed by atoms with Crippen molar-refractivity contribution in [3.8, 4) is 0 Å². The van der Waals surface area contributed by atoms with E-state index >= 15 is 0 Å². The topological polar surface area (TPSA) is 60.5 Å². The maximum absolute atomic E-state index is 10.4. The quantitative estimate of drug-likeness (QED) is 0.813. The molecule has 0 amide bonds. The highest BCUT2D eigenvalue weighted by Gasteiger charge is 2.00. The van der Waals surface area contributed by atoms with Gasteiger partial charge in [-0.15, -0.1) is 4.91 Å². The minimum atomic E-state index is 0.430. The molecule has 2 aromatic rings. The molecule has 17 heavy (non-hydrogen) atoms. The van der Waals surface area contributed by atoms with Gasteiger partial charge in [-0.3, -0.25) is 0 Å². The van der Waals surface area contributed by atoms with E-state index in [2.05, 4.69) is 5.18 Å². The zero-order chi connectivity index (χ0) is 12.1. The molecule has 0 aliphatic rings. The maximum atomic E-state index is 10.4. The summed E-state index contributed by atoms with van der Waals surface area (Å²) in [7, 11) is 0. The maximum Gasteiger partial charge on any atom is 0.253 e. The summed E-state index contributed by atoms with van der Waals surface area (Å²) in [4.78, 5) is 20.6. The van der Waals surface area contributed by atoms with Crippen LogP contribution in [0.3, 0.4) is 0 Å². The van der Waals surface area contributed by atoms with Crippen molar-refractivity contribution >= 4 is 11.4 Å². The van der Waals surface area contributed by atoms with Crippen LogP contribution in [0.4, 0.5) is 11.4 Å². The molecule has 0 unspecified atom stereocenters. The Hall–Kier alpha value is -2.36. The molecule has 2 aromatic carbocycles. The first kappa shape index (κ1) is 11.1. The van der Waals surface area contributed by atoms with Crippen molar-refractivity contribution in [3.05, 3.63) is 69.5 Å². The smallest absolute Gasteiger partial charge is 0.145 e. The van der Waals surface area contributed by atoms with Gasteiger partial charge in [-0.1, -0.05) is 24.3 Å². The third kappa shape index (κ3) is 2.81. The largest absolute Gasteiger partial charge is 0.253 e. The molecule has 0 bridgehead atoms. The van der Waals surface area contributed by atoms with E-state index in [0.717, 1.165) is 17.5 Å². The molecule has 0 spiro atoms. The van der Waals surface area contributed by atoms with Crippen LogP contribution in [0, 0.1) is 9.81 Å². The Kier molecular flexibility index (Phi) is 3.35. The lowest BCUT2D eigenvalue weighted by atomic mass is 10.0. The Labute approximate surface area is 98.2 Å². The van der Waals surface area contributed by atoms with Crippen LogP contribution in [-0.2, 0) is 6.42 Å². The van der Waals surface area contributed by atoms with Gasteiger partial charge in [0, 0.05) is 22.2 Å². The highest BCUT2D eigenvalue weighted by Crippen LogP contribution is 2.15. The minimum absolute atomic E-state index is 0.430. The SMILES string of the molecule is O=Nc1ccc(Cc2ccc([NH+]=O)cc2)cc1. The highest BCUT2D eigenvalue weighted by molar-refractivity contribution is 5.40. The van der Waals surface area contributed by atoms with Crippen molar-refractivity contribution in [2.75, 3.05) is 0 Å². The van der Waals surface area contributed by atoms with E-state index in [1.165, 1.54) is 0 Å². The summed E-state index contributed by atoms with van der Waals surface area (Å²) in [6.45, 7) is 0. The van der Waals surface area contributed by atoms with Crippen molar-refractivity contribution < 1.29 is 5.18 Å². The zero-order valence-corrected chi connectivity index (χ0v) is 9.09. The molecular formula is C13H11N2O2+. The fraction of sp³-hybridized carbons (Fsp3) is 0.0769. The second-order valence-electron chi connectivity index (χ2n) is 3.73. The second-order valence-corrected chi connectivity index (χ2v) is 3.73. The summed E-state index contributed by atoms with van der Waals surface area (Å²) in [5, 5.41) is 4.68. The van der Waals surface area contributed by atoms with Gasteiger partial charge in [-0.05, 0) is 34.9 Å². The van der Waals surface area contributed by atoms with Crippen LogP contribution in [0.5, 0.6) is 0 Å². The van der Waals surface area contributed by atoms with E-state index in [9.17, 15) is 9.81 Å². The molecule has 0 heterocycles. The molecule has 2 rings (SSSR count). The first-order valence-electron chi connectivity index (χ1n) is 5.21. The van der Waals surface area contributed by atoms with Gasteiger partial charge in [0.15, 0.2) is 0 Å². The summed E-state index contributed by atoms with van der Waals surface area (Å²) >= 11 is 0. The lowest BCUT2D eigenvalue weighted by Crippen LogP contribution is -2.55. The van der Waals surface area contributed by atoms with Gasteiger partial charge in [0.25, 0.3) is 5.69 Å². The third-order valence-corrected chi connectivity index (χ3v) is 2.52. The van der Waals surface area contributed by atoms with Crippen LogP contribution in [0.1, 0.15) is 11.1 Å². The van der Waals surface area contributed by atoms with Crippen LogP contribution in [0.15, 0.2) is 53.7 Å². The molecule has 0 aromatic heterocycles. The number of hydrogen-bond acceptors (Lipinski definition) is 3. The molecule has 0 saturated heterocycles. The molecule has 4 heteroatoms. The van der Waals surface area contributed by atoms with E-state index < -0.39 is 0 Å². The number of nitroso groups, excluding NO2 is 2. The second kappa shape index (κ2) is 5.12. The molecule has 84 valence electrons. The van der Waals surface area contributed by atoms with Gasteiger partial charge < -0.3 is 0 Å². The van der Waals surface area contributed by atoms with E-state index in [0.29, 0.717) is 11.4 Å². The standard InChI is InChI=1S/C13H10N2O2/c16-14-12-5-1-10(2-6-12)9-11-3-7-13(15-17)8-4-11/h1-8H,9H2/p+1. The van der Waals surface area contributed by atoms with Gasteiger partial charge in [-0.25, -0.2) is 0 Å². The highest BCUT2D eigenvalue weighted by atomic mass is 16.3. The first-order chi connectivity index (χ1) is 8.31. The van der Waals surface area contributed by atoms with E-state index in [1.54, 1.807) is 24.3 Å². The van der Waals surface area contributed by atoms with Crippen LogP contribution in [0.25, 0.3) is 0 Å². The monoisotopic (exact) mass is 227 g/mol. The summed E-state index contributed by atoms with van der Waals surface area (Å²) in [6.07, 6.45) is 0.762. The van der Waals surface area contributed by atoms with Gasteiger partial charge in [0.1, 0.15) is 5.69 Å². The van der Waals surface area contributed by atoms with Crippen molar-refractivity contribution in [2.45, 2.75) is 6.42 Å². The molecule has 1 N–H and O–H groups in total. The predicted octanol–water partition coefficient (Wildman–Crippen LogP) is 2.15. The number of hydrogen-bond donors (Lipinski definition) is 1. The zero-order valence-electron chi connectivity index (χ0n) is 9.09. The van der Waals surface area contributed by atoms with Crippen LogP contribution in [-0.4, -0.2) is 0 Å². The van der Waals surface area contributed by atoms with Crippen LogP contribution in [0.2, 0.25) is 0 Å². The molecule has 4 nitrogen and oxygen atoms in total. The lowest BCUT2D eigenvalue weighted by molar-refractivity contribution is -0.379. The van der Waals surface area contributed by atoms with Crippen molar-refractivity contribution in [3.63, 3.8) is 0 Å². The average Bonchev–Trinajstić information content (AvgIpc) is 2.40. The Morgan fingerprint density at radius 2 is 1.41 bits per heavy atom. The number of nitrogens with zero attached hydrogens (tertiary/aromatic N) is 1. The van der Waals surface area contributed by atoms with Gasteiger partial charge in [0.05, 0.1) is 0 Å². The average molecular weight is 227 g/mol. The lowest BCUT2D eigenvalue weighted by Gasteiger charge is -2.01. The fourth-order valence-corrected chi connectivity index (χ4v) is 1.60. The molecule has 0 saturated carbocycles. The normalized spacial score (nSPS) is 9.88. The molecule has 0 aliphatic carbocycles. The molecule has 0 atom stereocenters. The number of benzene rings is 2. The van der Waals surface area contributed by atoms with Gasteiger partial charge in [-0.2, -0.15) is 0 Å². The predicted molar refractivity (Wildman–Crippen MR) is 65.1 cm³/mol. The Bertz CT molecular complexity index is 469. The summed E-state index contributed by atoms with van der Waals surface area (Å²) < 4.78 is 0. The van der Waals surface area contributed by atoms with Gasteiger partial charge in [0.2, 0.25) is 0 Å². The number of rotatable bonds is 4. The van der Waals surface area contributed by atoms with Gasteiger partial charge >= 0.3 is 0 Å². The fourth-order valence-electron chi connectivity index (χ4n) is 1.60. The molecule has 0 fully saturated rings. The van der Waals surface area contributed by atoms with Crippen LogP contribution >= 0.6 is 0 Å². The van der Waals surface area contributed by atoms with Crippen molar-refractivity contribution in [1.82, 2.24) is 0 Å². The Morgan fingerprint density at radius 1 is 0.882 bits per heavy atom. The first-order valence-corrected chi connectivity index (χ1v) is 5.21. The Morgan fingerprint density at radius 3 is 1.88 bits per heavy atom. The number of nitrogens with one attached hydrogen (secondary N) is 1. The summed E-state index contributed by atoms with van der Waals surface area (Å²) in [6, 6.07) is 14.4. The van der Waals surface area contributed by atoms with E-state index in [1.807, 2.05) is 29.4 Å². The van der Waals surface area contributed by atoms with E-state index in [4.69, 9.17) is 0 Å². The van der Waals surface area contributed by atoms with E-state index in [-0.39, 0.29) is 0 Å². The molecule has 0 aliphatic heterocycles.